The zero-order chi connectivity index (χ0) is 16.8. The number of hydrogen-bond donors (Lipinski definition) is 1. The molecule has 3 rings (SSSR count). The van der Waals surface area contributed by atoms with Crippen LogP contribution in [0.4, 0.5) is 11.4 Å². The zero-order valence-corrected chi connectivity index (χ0v) is 14.3. The topological polar surface area (TPSA) is 45.2 Å². The van der Waals surface area contributed by atoms with E-state index in [-0.39, 0.29) is 5.91 Å². The van der Waals surface area contributed by atoms with Crippen LogP contribution >= 0.6 is 0 Å². The third-order valence-electron chi connectivity index (χ3n) is 4.51. The van der Waals surface area contributed by atoms with Crippen LogP contribution in [-0.2, 0) is 17.6 Å². The minimum Gasteiger partial charge on any atom is -0.371 e. The second-order valence-corrected chi connectivity index (χ2v) is 6.34. The average molecular weight is 323 g/mol. The van der Waals surface area contributed by atoms with Crippen LogP contribution in [0.2, 0.25) is 0 Å². The number of unbranched alkanes of at least 4 members (excludes halogenated alkanes) is 1. The molecule has 0 atom stereocenters. The first-order valence-electron chi connectivity index (χ1n) is 8.83. The fourth-order valence-electron chi connectivity index (χ4n) is 3.13. The van der Waals surface area contributed by atoms with Gasteiger partial charge in [-0.2, -0.15) is 0 Å². The number of aromatic nitrogens is 1. The summed E-state index contributed by atoms with van der Waals surface area (Å²) in [6, 6.07) is 10.2. The van der Waals surface area contributed by atoms with E-state index in [0.717, 1.165) is 30.8 Å². The van der Waals surface area contributed by atoms with Crippen LogP contribution < -0.4 is 10.2 Å². The van der Waals surface area contributed by atoms with Crippen molar-refractivity contribution in [2.75, 3.05) is 23.3 Å². The Balaban J connectivity index is 1.58. The lowest BCUT2D eigenvalue weighted by molar-refractivity contribution is -0.116. The van der Waals surface area contributed by atoms with Crippen molar-refractivity contribution in [3.63, 3.8) is 0 Å². The van der Waals surface area contributed by atoms with E-state index >= 15 is 0 Å². The maximum absolute atomic E-state index is 12.2. The maximum Gasteiger partial charge on any atom is 0.224 e. The van der Waals surface area contributed by atoms with Crippen molar-refractivity contribution in [1.82, 2.24) is 4.98 Å². The molecule has 0 saturated carbocycles. The molecule has 0 aliphatic carbocycles. The second-order valence-electron chi connectivity index (χ2n) is 6.34. The van der Waals surface area contributed by atoms with Crippen LogP contribution in [-0.4, -0.2) is 24.0 Å². The molecule has 0 saturated heterocycles. The molecule has 1 aliphatic rings. The number of rotatable bonds is 7. The Morgan fingerprint density at radius 3 is 3.04 bits per heavy atom. The van der Waals surface area contributed by atoms with E-state index in [0.29, 0.717) is 12.8 Å². The molecule has 2 aromatic rings. The Bertz CT molecular complexity index is 685. The van der Waals surface area contributed by atoms with E-state index in [4.69, 9.17) is 0 Å². The lowest BCUT2D eigenvalue weighted by Gasteiger charge is -2.19. The van der Waals surface area contributed by atoms with Gasteiger partial charge in [-0.15, -0.1) is 0 Å². The fourth-order valence-corrected chi connectivity index (χ4v) is 3.13. The van der Waals surface area contributed by atoms with Gasteiger partial charge in [-0.05, 0) is 48.6 Å². The summed E-state index contributed by atoms with van der Waals surface area (Å²) in [4.78, 5) is 18.7. The number of nitrogens with zero attached hydrogens (tertiary/aromatic N) is 2. The van der Waals surface area contributed by atoms with Crippen molar-refractivity contribution < 1.29 is 4.79 Å². The van der Waals surface area contributed by atoms with Crippen LogP contribution in [0.15, 0.2) is 42.7 Å². The minimum atomic E-state index is 0.0527. The lowest BCUT2D eigenvalue weighted by atomic mass is 10.1. The summed E-state index contributed by atoms with van der Waals surface area (Å²) in [5.74, 6) is 0.0527. The summed E-state index contributed by atoms with van der Waals surface area (Å²) in [5.41, 5.74) is 4.66. The van der Waals surface area contributed by atoms with Crippen molar-refractivity contribution in [2.45, 2.75) is 39.0 Å². The van der Waals surface area contributed by atoms with E-state index in [1.165, 1.54) is 24.1 Å². The Morgan fingerprint density at radius 2 is 2.25 bits per heavy atom. The monoisotopic (exact) mass is 323 g/mol. The van der Waals surface area contributed by atoms with Crippen LogP contribution in [0, 0.1) is 0 Å². The van der Waals surface area contributed by atoms with Crippen molar-refractivity contribution in [1.29, 1.82) is 0 Å². The number of amides is 1. The summed E-state index contributed by atoms with van der Waals surface area (Å²) in [6.45, 7) is 4.41. The number of benzene rings is 1. The molecule has 1 N–H and O–H groups in total. The highest BCUT2D eigenvalue weighted by Crippen LogP contribution is 2.31. The van der Waals surface area contributed by atoms with Gasteiger partial charge in [-0.25, -0.2) is 0 Å². The van der Waals surface area contributed by atoms with E-state index in [2.05, 4.69) is 34.3 Å². The standard InChI is InChI=1S/C20H25N3O/c1-2-3-12-23-13-10-17-7-8-18(14-19(17)23)22-20(24)9-6-16-5-4-11-21-15-16/h4-5,7-8,11,14-15H,2-3,6,9-10,12-13H2,1H3,(H,22,24). The zero-order valence-electron chi connectivity index (χ0n) is 14.3. The molecular weight excluding hydrogens is 298 g/mol. The predicted octanol–water partition coefficient (Wildman–Crippen LogP) is 3.82. The molecule has 0 unspecified atom stereocenters. The van der Waals surface area contributed by atoms with Gasteiger partial charge in [0.25, 0.3) is 0 Å². The summed E-state index contributed by atoms with van der Waals surface area (Å²) >= 11 is 0. The molecule has 1 aromatic carbocycles. The van der Waals surface area contributed by atoms with Gasteiger partial charge in [0.05, 0.1) is 0 Å². The molecule has 0 radical (unpaired) electrons. The van der Waals surface area contributed by atoms with Gasteiger partial charge in [0.2, 0.25) is 5.91 Å². The second kappa shape index (κ2) is 7.95. The van der Waals surface area contributed by atoms with Crippen molar-refractivity contribution in [3.05, 3.63) is 53.9 Å². The molecule has 0 spiro atoms. The summed E-state index contributed by atoms with van der Waals surface area (Å²) in [7, 11) is 0. The van der Waals surface area contributed by atoms with Crippen molar-refractivity contribution in [3.8, 4) is 0 Å². The van der Waals surface area contributed by atoms with E-state index in [1.54, 1.807) is 6.20 Å². The SMILES string of the molecule is CCCCN1CCc2ccc(NC(=O)CCc3cccnc3)cc21. The van der Waals surface area contributed by atoms with Gasteiger partial charge < -0.3 is 10.2 Å². The molecule has 4 nitrogen and oxygen atoms in total. The molecule has 126 valence electrons. The molecule has 0 fully saturated rings. The highest BCUT2D eigenvalue weighted by Gasteiger charge is 2.19. The molecule has 0 bridgehead atoms. The summed E-state index contributed by atoms with van der Waals surface area (Å²) in [6.07, 6.45) is 8.27. The third-order valence-corrected chi connectivity index (χ3v) is 4.51. The van der Waals surface area contributed by atoms with Crippen LogP contribution in [0.5, 0.6) is 0 Å². The van der Waals surface area contributed by atoms with Crippen LogP contribution in [0.25, 0.3) is 0 Å². The van der Waals surface area contributed by atoms with Crippen molar-refractivity contribution in [2.24, 2.45) is 0 Å². The number of carbonyl (C=O) groups is 1. The van der Waals surface area contributed by atoms with Gasteiger partial charge in [0.15, 0.2) is 0 Å². The van der Waals surface area contributed by atoms with Crippen LogP contribution in [0.3, 0.4) is 0 Å². The maximum atomic E-state index is 12.2. The molecule has 4 heteroatoms. The van der Waals surface area contributed by atoms with Gasteiger partial charge in [-0.1, -0.05) is 25.5 Å². The van der Waals surface area contributed by atoms with Gasteiger partial charge >= 0.3 is 0 Å². The average Bonchev–Trinajstić information content (AvgIpc) is 3.01. The van der Waals surface area contributed by atoms with E-state index in [1.807, 2.05) is 24.4 Å². The number of aryl methyl sites for hydroxylation is 1. The lowest BCUT2D eigenvalue weighted by Crippen LogP contribution is -2.21. The van der Waals surface area contributed by atoms with Gasteiger partial charge in [0, 0.05) is 43.3 Å². The predicted molar refractivity (Wildman–Crippen MR) is 98.5 cm³/mol. The highest BCUT2D eigenvalue weighted by atomic mass is 16.1. The normalized spacial score (nSPS) is 13.0. The number of hydrogen-bond acceptors (Lipinski definition) is 3. The quantitative estimate of drug-likeness (QED) is 0.842. The smallest absolute Gasteiger partial charge is 0.224 e. The Morgan fingerprint density at radius 1 is 1.33 bits per heavy atom. The number of anilines is 2. The number of carbonyl (C=O) groups excluding carboxylic acids is 1. The molecule has 2 heterocycles. The van der Waals surface area contributed by atoms with Crippen molar-refractivity contribution >= 4 is 17.3 Å². The molecule has 1 aliphatic heterocycles. The summed E-state index contributed by atoms with van der Waals surface area (Å²) in [5, 5.41) is 3.03. The first-order chi connectivity index (χ1) is 11.8. The summed E-state index contributed by atoms with van der Waals surface area (Å²) < 4.78 is 0. The first-order valence-corrected chi connectivity index (χ1v) is 8.83. The Labute approximate surface area is 143 Å². The molecule has 1 amide bonds. The van der Waals surface area contributed by atoms with Gasteiger partial charge in [-0.3, -0.25) is 9.78 Å². The minimum absolute atomic E-state index is 0.0527. The first kappa shape index (κ1) is 16.5. The van der Waals surface area contributed by atoms with E-state index in [9.17, 15) is 4.79 Å². The van der Waals surface area contributed by atoms with Gasteiger partial charge in [0.1, 0.15) is 0 Å². The van der Waals surface area contributed by atoms with Crippen LogP contribution in [0.1, 0.15) is 37.3 Å². The Kier molecular flexibility index (Phi) is 5.47. The molecule has 24 heavy (non-hydrogen) atoms. The number of nitrogens with one attached hydrogen (secondary N) is 1. The molecular formula is C20H25N3O. The third kappa shape index (κ3) is 4.13. The fraction of sp³-hybridized carbons (Fsp3) is 0.400. The number of pyridine rings is 1. The Hall–Kier alpha value is -2.36. The van der Waals surface area contributed by atoms with E-state index < -0.39 is 0 Å². The molecule has 1 aromatic heterocycles. The largest absolute Gasteiger partial charge is 0.371 e. The highest BCUT2D eigenvalue weighted by molar-refractivity contribution is 5.91. The number of fused-ring (bicyclic) bond motifs is 1.